The van der Waals surface area contributed by atoms with Gasteiger partial charge in [-0.1, -0.05) is 6.08 Å². The molecule has 88 valence electrons. The van der Waals surface area contributed by atoms with Crippen LogP contribution in [0.1, 0.15) is 0 Å². The summed E-state index contributed by atoms with van der Waals surface area (Å²) < 4.78 is 13.7. The van der Waals surface area contributed by atoms with Crippen molar-refractivity contribution in [2.45, 2.75) is 6.54 Å². The quantitative estimate of drug-likeness (QED) is 0.553. The van der Waals surface area contributed by atoms with Gasteiger partial charge in [-0.3, -0.25) is 14.3 Å². The van der Waals surface area contributed by atoms with Crippen LogP contribution in [-0.4, -0.2) is 33.0 Å². The molecule has 0 aromatic carbocycles. The second kappa shape index (κ2) is 5.38. The Morgan fingerprint density at radius 2 is 2.06 bits per heavy atom. The Balaban J connectivity index is 2.99. The van der Waals surface area contributed by atoms with E-state index in [1.165, 1.54) is 6.08 Å². The molecular formula is C9H11FN2O4. The van der Waals surface area contributed by atoms with Gasteiger partial charge in [-0.25, -0.2) is 4.79 Å². The lowest BCUT2D eigenvalue weighted by molar-refractivity contribution is 0.275. The highest BCUT2D eigenvalue weighted by atomic mass is 19.1. The van der Waals surface area contributed by atoms with Crippen molar-refractivity contribution in [1.29, 1.82) is 0 Å². The van der Waals surface area contributed by atoms with E-state index in [0.717, 1.165) is 10.8 Å². The maximum atomic E-state index is 12.8. The van der Waals surface area contributed by atoms with Crippen LogP contribution < -0.4 is 11.2 Å². The van der Waals surface area contributed by atoms with Crippen molar-refractivity contribution < 1.29 is 14.6 Å². The predicted molar refractivity (Wildman–Crippen MR) is 53.5 cm³/mol. The van der Waals surface area contributed by atoms with Crippen LogP contribution >= 0.6 is 0 Å². The highest BCUT2D eigenvalue weighted by Gasteiger charge is 2.02. The zero-order chi connectivity index (χ0) is 12.1. The smallest absolute Gasteiger partial charge is 0.328 e. The Morgan fingerprint density at radius 3 is 2.62 bits per heavy atom. The molecule has 0 unspecified atom stereocenters. The van der Waals surface area contributed by atoms with Crippen molar-refractivity contribution in [3.63, 3.8) is 0 Å². The first-order chi connectivity index (χ1) is 7.58. The first-order valence-corrected chi connectivity index (χ1v) is 4.47. The molecule has 6 nitrogen and oxygen atoms in total. The Labute approximate surface area is 89.3 Å². The number of aliphatic hydroxyl groups excluding tert-OH is 2. The van der Waals surface area contributed by atoms with Gasteiger partial charge in [0.05, 0.1) is 19.4 Å². The van der Waals surface area contributed by atoms with Crippen LogP contribution in [0.25, 0.3) is 0 Å². The lowest BCUT2D eigenvalue weighted by atomic mass is 10.3. The van der Waals surface area contributed by atoms with Crippen molar-refractivity contribution in [1.82, 2.24) is 9.55 Å². The number of aromatic amines is 1. The number of aliphatic hydroxyl groups is 2. The highest BCUT2D eigenvalue weighted by Crippen LogP contribution is 1.92. The molecule has 0 fully saturated rings. The zero-order valence-electron chi connectivity index (χ0n) is 8.31. The van der Waals surface area contributed by atoms with Crippen LogP contribution in [0.15, 0.2) is 27.4 Å². The van der Waals surface area contributed by atoms with Gasteiger partial charge in [0.1, 0.15) is 0 Å². The normalized spacial score (nSPS) is 10.2. The van der Waals surface area contributed by atoms with Gasteiger partial charge in [0.2, 0.25) is 5.82 Å². The van der Waals surface area contributed by atoms with Crippen molar-refractivity contribution in [2.24, 2.45) is 0 Å². The number of H-pyrrole nitrogens is 1. The third-order valence-electron chi connectivity index (χ3n) is 1.95. The summed E-state index contributed by atoms with van der Waals surface area (Å²) in [7, 11) is 0. The first-order valence-electron chi connectivity index (χ1n) is 4.47. The zero-order valence-corrected chi connectivity index (χ0v) is 8.31. The van der Waals surface area contributed by atoms with Gasteiger partial charge in [0.15, 0.2) is 0 Å². The molecule has 0 radical (unpaired) electrons. The third-order valence-corrected chi connectivity index (χ3v) is 1.95. The fraction of sp³-hybridized carbons (Fsp3) is 0.333. The average Bonchev–Trinajstić information content (AvgIpc) is 2.26. The highest BCUT2D eigenvalue weighted by molar-refractivity contribution is 5.02. The number of aromatic nitrogens is 2. The SMILES string of the molecule is O=c1[nH]c(=O)n(CC=C(CO)CO)cc1F. The summed E-state index contributed by atoms with van der Waals surface area (Å²) in [5.74, 6) is -1.07. The van der Waals surface area contributed by atoms with Crippen molar-refractivity contribution in [3.8, 4) is 0 Å². The monoisotopic (exact) mass is 230 g/mol. The molecule has 1 heterocycles. The van der Waals surface area contributed by atoms with E-state index in [2.05, 4.69) is 0 Å². The van der Waals surface area contributed by atoms with Gasteiger partial charge < -0.3 is 10.2 Å². The molecule has 0 bridgehead atoms. The van der Waals surface area contributed by atoms with Crippen molar-refractivity contribution in [3.05, 3.63) is 44.5 Å². The minimum atomic E-state index is -1.07. The Hall–Kier alpha value is -1.73. The van der Waals surface area contributed by atoms with Gasteiger partial charge in [-0.2, -0.15) is 4.39 Å². The molecule has 1 aromatic rings. The Kier molecular flexibility index (Phi) is 4.15. The number of nitrogens with zero attached hydrogens (tertiary/aromatic N) is 1. The molecule has 0 saturated carbocycles. The summed E-state index contributed by atoms with van der Waals surface area (Å²) in [6.07, 6.45) is 2.14. The fourth-order valence-electron chi connectivity index (χ4n) is 1.02. The standard InChI is InChI=1S/C9H11FN2O4/c10-7-3-12(9(16)11-8(7)15)2-1-6(4-13)5-14/h1,3,13-14H,2,4-5H2,(H,11,15,16). The van der Waals surface area contributed by atoms with Crippen molar-refractivity contribution >= 4 is 0 Å². The van der Waals surface area contributed by atoms with E-state index in [0.29, 0.717) is 5.57 Å². The van der Waals surface area contributed by atoms with E-state index < -0.39 is 17.1 Å². The number of allylic oxidation sites excluding steroid dienone is 1. The van der Waals surface area contributed by atoms with Crippen LogP contribution in [0.4, 0.5) is 4.39 Å². The summed E-state index contributed by atoms with van der Waals surface area (Å²) in [5.41, 5.74) is -1.52. The summed E-state index contributed by atoms with van der Waals surface area (Å²) in [6.45, 7) is -0.739. The molecule has 1 rings (SSSR count). The average molecular weight is 230 g/mol. The minimum absolute atomic E-state index is 0.0387. The molecule has 1 aromatic heterocycles. The number of hydrogen-bond donors (Lipinski definition) is 3. The van der Waals surface area contributed by atoms with Crippen LogP contribution in [0, 0.1) is 5.82 Å². The van der Waals surface area contributed by atoms with Crippen LogP contribution in [-0.2, 0) is 6.54 Å². The molecular weight excluding hydrogens is 219 g/mol. The topological polar surface area (TPSA) is 95.3 Å². The summed E-state index contributed by atoms with van der Waals surface area (Å²) in [4.78, 5) is 23.7. The Bertz CT molecular complexity index is 497. The summed E-state index contributed by atoms with van der Waals surface area (Å²) >= 11 is 0. The van der Waals surface area contributed by atoms with E-state index in [-0.39, 0.29) is 19.8 Å². The summed E-state index contributed by atoms with van der Waals surface area (Å²) in [5, 5.41) is 17.4. The van der Waals surface area contributed by atoms with Crippen LogP contribution in [0.5, 0.6) is 0 Å². The Morgan fingerprint density at radius 1 is 1.44 bits per heavy atom. The number of halogens is 1. The first kappa shape index (κ1) is 12.3. The molecule has 0 aliphatic heterocycles. The molecule has 0 amide bonds. The van der Waals surface area contributed by atoms with Gasteiger partial charge >= 0.3 is 5.69 Å². The third kappa shape index (κ3) is 2.88. The molecule has 7 heteroatoms. The molecule has 16 heavy (non-hydrogen) atoms. The number of rotatable bonds is 4. The van der Waals surface area contributed by atoms with Gasteiger partial charge in [0, 0.05) is 6.54 Å². The van der Waals surface area contributed by atoms with Crippen LogP contribution in [0.3, 0.4) is 0 Å². The van der Waals surface area contributed by atoms with Gasteiger partial charge in [-0.05, 0) is 5.57 Å². The largest absolute Gasteiger partial charge is 0.392 e. The number of nitrogens with one attached hydrogen (secondary N) is 1. The predicted octanol–water partition coefficient (Wildman–Crippen LogP) is -1.41. The summed E-state index contributed by atoms with van der Waals surface area (Å²) in [6, 6.07) is 0. The molecule has 0 spiro atoms. The van der Waals surface area contributed by atoms with Gasteiger partial charge in [0.25, 0.3) is 5.56 Å². The minimum Gasteiger partial charge on any atom is -0.392 e. The van der Waals surface area contributed by atoms with E-state index in [1.54, 1.807) is 4.98 Å². The maximum absolute atomic E-state index is 12.8. The molecule has 0 aliphatic carbocycles. The van der Waals surface area contributed by atoms with E-state index in [9.17, 15) is 14.0 Å². The van der Waals surface area contributed by atoms with E-state index in [1.807, 2.05) is 0 Å². The van der Waals surface area contributed by atoms with Crippen LogP contribution in [0.2, 0.25) is 0 Å². The van der Waals surface area contributed by atoms with E-state index in [4.69, 9.17) is 10.2 Å². The van der Waals surface area contributed by atoms with Gasteiger partial charge in [-0.15, -0.1) is 0 Å². The molecule has 0 saturated heterocycles. The molecule has 3 N–H and O–H groups in total. The lowest BCUT2D eigenvalue weighted by Crippen LogP contribution is -2.31. The maximum Gasteiger partial charge on any atom is 0.328 e. The second-order valence-corrected chi connectivity index (χ2v) is 3.07. The number of hydrogen-bond acceptors (Lipinski definition) is 4. The second-order valence-electron chi connectivity index (χ2n) is 3.07. The lowest BCUT2D eigenvalue weighted by Gasteiger charge is -2.02. The van der Waals surface area contributed by atoms with Crippen molar-refractivity contribution in [2.75, 3.05) is 13.2 Å². The molecule has 0 atom stereocenters. The van der Waals surface area contributed by atoms with E-state index >= 15 is 0 Å². The fourth-order valence-corrected chi connectivity index (χ4v) is 1.02. The molecule has 0 aliphatic rings.